The molecule has 0 bridgehead atoms. The van der Waals surface area contributed by atoms with Crippen molar-refractivity contribution in [1.29, 1.82) is 0 Å². The summed E-state index contributed by atoms with van der Waals surface area (Å²) < 4.78 is 0. The van der Waals surface area contributed by atoms with Crippen LogP contribution in [0.2, 0.25) is 5.02 Å². The summed E-state index contributed by atoms with van der Waals surface area (Å²) >= 11 is 7.81. The zero-order valence-corrected chi connectivity index (χ0v) is 21.4. The number of aromatic amines is 1. The van der Waals surface area contributed by atoms with Gasteiger partial charge in [0.05, 0.1) is 6.54 Å². The van der Waals surface area contributed by atoms with E-state index in [9.17, 15) is 4.79 Å². The minimum atomic E-state index is -0.0421. The number of aromatic nitrogens is 2. The Labute approximate surface area is 215 Å². The smallest absolute Gasteiger partial charge is 0.270 e. The van der Waals surface area contributed by atoms with Crippen LogP contribution in [0, 0.1) is 0 Å². The van der Waals surface area contributed by atoms with Crippen LogP contribution in [-0.4, -0.2) is 33.4 Å². The Kier molecular flexibility index (Phi) is 7.82. The number of para-hydroxylation sites is 1. The Bertz CT molecular complexity index is 1280. The van der Waals surface area contributed by atoms with Crippen LogP contribution in [-0.2, 0) is 19.5 Å². The first kappa shape index (κ1) is 24.0. The van der Waals surface area contributed by atoms with Crippen molar-refractivity contribution in [3.63, 3.8) is 0 Å². The summed E-state index contributed by atoms with van der Waals surface area (Å²) in [6.07, 6.45) is 8.84. The molecule has 5 nitrogen and oxygen atoms in total. The van der Waals surface area contributed by atoms with E-state index in [-0.39, 0.29) is 11.9 Å². The third-order valence-corrected chi connectivity index (χ3v) is 7.82. The summed E-state index contributed by atoms with van der Waals surface area (Å²) in [7, 11) is 0. The number of halogens is 1. The maximum atomic E-state index is 12.7. The first-order valence-electron chi connectivity index (χ1n) is 12.4. The average Bonchev–Trinajstić information content (AvgIpc) is 3.50. The summed E-state index contributed by atoms with van der Waals surface area (Å²) in [4.78, 5) is 23.2. The van der Waals surface area contributed by atoms with Crippen LogP contribution in [0.5, 0.6) is 0 Å². The van der Waals surface area contributed by atoms with Crippen LogP contribution >= 0.6 is 22.9 Å². The van der Waals surface area contributed by atoms with Gasteiger partial charge in [-0.2, -0.15) is 0 Å². The number of benzene rings is 2. The highest BCUT2D eigenvalue weighted by Gasteiger charge is 2.19. The van der Waals surface area contributed by atoms with Crippen LogP contribution in [0.15, 0.2) is 60.1 Å². The van der Waals surface area contributed by atoms with Crippen LogP contribution < -0.4 is 5.32 Å². The maximum Gasteiger partial charge on any atom is 0.270 e. The average molecular weight is 507 g/mol. The number of hydrogen-bond donors (Lipinski definition) is 2. The molecule has 2 N–H and O–H groups in total. The monoisotopic (exact) mass is 506 g/mol. The molecule has 0 radical (unpaired) electrons. The van der Waals surface area contributed by atoms with Gasteiger partial charge in [0.1, 0.15) is 10.7 Å². The van der Waals surface area contributed by atoms with Crippen molar-refractivity contribution in [2.24, 2.45) is 0 Å². The molecule has 2 aromatic heterocycles. The van der Waals surface area contributed by atoms with E-state index in [0.717, 1.165) is 47.9 Å². The van der Waals surface area contributed by atoms with Gasteiger partial charge in [-0.25, -0.2) is 4.98 Å². The number of nitrogens with one attached hydrogen (secondary N) is 2. The molecule has 0 aliphatic heterocycles. The van der Waals surface area contributed by atoms with Crippen molar-refractivity contribution in [3.8, 4) is 0 Å². The van der Waals surface area contributed by atoms with Gasteiger partial charge in [0.25, 0.3) is 5.91 Å². The van der Waals surface area contributed by atoms with E-state index in [4.69, 9.17) is 16.6 Å². The van der Waals surface area contributed by atoms with Crippen molar-refractivity contribution in [1.82, 2.24) is 20.2 Å². The molecular formula is C28H31ClN4OS. The molecule has 0 unspecified atom stereocenters. The Morgan fingerprint density at radius 1 is 1.11 bits per heavy atom. The third kappa shape index (κ3) is 6.31. The zero-order valence-electron chi connectivity index (χ0n) is 19.8. The molecule has 0 saturated heterocycles. The van der Waals surface area contributed by atoms with Gasteiger partial charge in [-0.05, 0) is 48.6 Å². The summed E-state index contributed by atoms with van der Waals surface area (Å²) in [5, 5.41) is 8.05. The number of hydrogen-bond acceptors (Lipinski definition) is 4. The van der Waals surface area contributed by atoms with Crippen LogP contribution in [0.4, 0.5) is 0 Å². The van der Waals surface area contributed by atoms with Crippen molar-refractivity contribution >= 4 is 39.7 Å². The predicted molar refractivity (Wildman–Crippen MR) is 144 cm³/mol. The Hall–Kier alpha value is -2.67. The Morgan fingerprint density at radius 3 is 2.83 bits per heavy atom. The SMILES string of the molecule is O=C(NC1CCCCC1)c1csc(CN(CCc2c[nH]c3ccccc23)Cc2cccc(Cl)c2)n1. The lowest BCUT2D eigenvalue weighted by atomic mass is 9.95. The highest BCUT2D eigenvalue weighted by Crippen LogP contribution is 2.22. The second kappa shape index (κ2) is 11.4. The van der Waals surface area contributed by atoms with Gasteiger partial charge in [-0.1, -0.05) is 61.2 Å². The Balaban J connectivity index is 1.27. The van der Waals surface area contributed by atoms with E-state index in [1.165, 1.54) is 35.8 Å². The first-order valence-corrected chi connectivity index (χ1v) is 13.7. The summed E-state index contributed by atoms with van der Waals surface area (Å²) in [6.45, 7) is 2.33. The van der Waals surface area contributed by atoms with E-state index in [1.807, 2.05) is 23.6 Å². The molecule has 4 aromatic rings. The Morgan fingerprint density at radius 2 is 1.97 bits per heavy atom. The fourth-order valence-electron chi connectivity index (χ4n) is 4.91. The quantitative estimate of drug-likeness (QED) is 0.269. The van der Waals surface area contributed by atoms with Gasteiger partial charge in [0, 0.05) is 46.6 Å². The lowest BCUT2D eigenvalue weighted by Gasteiger charge is -2.22. The molecule has 35 heavy (non-hydrogen) atoms. The number of thiazole rings is 1. The number of carbonyl (C=O) groups excluding carboxylic acids is 1. The molecule has 1 saturated carbocycles. The van der Waals surface area contributed by atoms with Gasteiger partial charge in [-0.3, -0.25) is 9.69 Å². The normalized spacial score (nSPS) is 14.6. The van der Waals surface area contributed by atoms with Gasteiger partial charge in [-0.15, -0.1) is 11.3 Å². The van der Waals surface area contributed by atoms with Gasteiger partial charge < -0.3 is 10.3 Å². The van der Waals surface area contributed by atoms with E-state index >= 15 is 0 Å². The van der Waals surface area contributed by atoms with E-state index in [1.54, 1.807) is 11.3 Å². The number of nitrogens with zero attached hydrogens (tertiary/aromatic N) is 2. The molecule has 0 atom stereocenters. The van der Waals surface area contributed by atoms with Crippen molar-refractivity contribution in [2.75, 3.05) is 6.54 Å². The molecule has 5 rings (SSSR count). The summed E-state index contributed by atoms with van der Waals surface area (Å²) in [5.74, 6) is -0.0421. The van der Waals surface area contributed by atoms with Gasteiger partial charge in [0.15, 0.2) is 0 Å². The minimum absolute atomic E-state index is 0.0421. The summed E-state index contributed by atoms with van der Waals surface area (Å²) in [5.41, 5.74) is 4.18. The number of amides is 1. The zero-order chi connectivity index (χ0) is 24.0. The molecule has 182 valence electrons. The molecule has 1 fully saturated rings. The molecule has 7 heteroatoms. The van der Waals surface area contributed by atoms with Crippen molar-refractivity contribution < 1.29 is 4.79 Å². The third-order valence-electron chi connectivity index (χ3n) is 6.75. The topological polar surface area (TPSA) is 61.0 Å². The number of H-pyrrole nitrogens is 1. The van der Waals surface area contributed by atoms with Gasteiger partial charge >= 0.3 is 0 Å². The molecule has 2 heterocycles. The van der Waals surface area contributed by atoms with Crippen LogP contribution in [0.1, 0.15) is 58.7 Å². The molecular weight excluding hydrogens is 476 g/mol. The number of carbonyl (C=O) groups is 1. The molecule has 2 aromatic carbocycles. The van der Waals surface area contributed by atoms with E-state index in [2.05, 4.69) is 51.7 Å². The van der Waals surface area contributed by atoms with Crippen molar-refractivity contribution in [2.45, 2.75) is 57.7 Å². The van der Waals surface area contributed by atoms with Gasteiger partial charge in [0.2, 0.25) is 0 Å². The molecule has 1 amide bonds. The minimum Gasteiger partial charge on any atom is -0.361 e. The number of fused-ring (bicyclic) bond motifs is 1. The van der Waals surface area contributed by atoms with Crippen molar-refractivity contribution in [3.05, 3.63) is 87.0 Å². The highest BCUT2D eigenvalue weighted by molar-refractivity contribution is 7.09. The molecule has 1 aliphatic carbocycles. The standard InChI is InChI=1S/C28H31ClN4OS/c29-22-8-6-7-20(15-22)17-33(14-13-21-16-30-25-12-5-4-11-24(21)25)18-27-32-26(19-35-27)28(34)31-23-9-2-1-3-10-23/h4-8,11-12,15-16,19,23,30H,1-3,9-10,13-14,17-18H2,(H,31,34). The van der Waals surface area contributed by atoms with E-state index in [0.29, 0.717) is 12.2 Å². The second-order valence-corrected chi connectivity index (χ2v) is 10.8. The predicted octanol–water partition coefficient (Wildman–Crippen LogP) is 6.59. The number of rotatable bonds is 9. The second-order valence-electron chi connectivity index (χ2n) is 9.38. The van der Waals surface area contributed by atoms with E-state index < -0.39 is 0 Å². The fourth-order valence-corrected chi connectivity index (χ4v) is 5.94. The first-order chi connectivity index (χ1) is 17.1. The largest absolute Gasteiger partial charge is 0.361 e. The highest BCUT2D eigenvalue weighted by atomic mass is 35.5. The summed E-state index contributed by atoms with van der Waals surface area (Å²) in [6, 6.07) is 16.7. The lowest BCUT2D eigenvalue weighted by molar-refractivity contribution is 0.0923. The maximum absolute atomic E-state index is 12.7. The molecule has 0 spiro atoms. The van der Waals surface area contributed by atoms with Crippen LogP contribution in [0.3, 0.4) is 0 Å². The lowest BCUT2D eigenvalue weighted by Crippen LogP contribution is -2.36. The fraction of sp³-hybridized carbons (Fsp3) is 0.357. The molecule has 1 aliphatic rings. The van der Waals surface area contributed by atoms with Crippen LogP contribution in [0.25, 0.3) is 10.9 Å².